The Balaban J connectivity index is 1.74. The molecule has 2 heterocycles. The van der Waals surface area contributed by atoms with E-state index in [0.717, 1.165) is 16.9 Å². The Labute approximate surface area is 179 Å². The van der Waals surface area contributed by atoms with Crippen molar-refractivity contribution in [1.82, 2.24) is 0 Å². The molecule has 0 N–H and O–H groups in total. The van der Waals surface area contributed by atoms with Crippen LogP contribution in [0.3, 0.4) is 0 Å². The lowest BCUT2D eigenvalue weighted by Gasteiger charge is -2.25. The van der Waals surface area contributed by atoms with E-state index in [9.17, 15) is 9.59 Å². The van der Waals surface area contributed by atoms with Crippen molar-refractivity contribution in [3.8, 4) is 5.75 Å². The highest BCUT2D eigenvalue weighted by Gasteiger charge is 2.43. The van der Waals surface area contributed by atoms with E-state index in [0.29, 0.717) is 28.8 Å². The molecule has 0 fully saturated rings. The molecule has 4 aromatic rings. The minimum absolute atomic E-state index is 0.100. The third kappa shape index (κ3) is 3.10. The van der Waals surface area contributed by atoms with Crippen LogP contribution in [0.15, 0.2) is 82.0 Å². The van der Waals surface area contributed by atoms with E-state index >= 15 is 0 Å². The van der Waals surface area contributed by atoms with Crippen LogP contribution in [-0.2, 0) is 0 Å². The maximum Gasteiger partial charge on any atom is 0.295 e. The maximum absolute atomic E-state index is 13.5. The smallest absolute Gasteiger partial charge is 0.295 e. The molecule has 3 aromatic carbocycles. The molecule has 1 atom stereocenters. The van der Waals surface area contributed by atoms with Crippen molar-refractivity contribution in [2.75, 3.05) is 11.5 Å². The van der Waals surface area contributed by atoms with Crippen molar-refractivity contribution in [2.45, 2.75) is 19.9 Å². The largest absolute Gasteiger partial charge is 0.494 e. The Hall–Kier alpha value is -3.86. The molecule has 0 saturated heterocycles. The number of nitrogens with zero attached hydrogens (tertiary/aromatic N) is 1. The molecule has 1 aromatic heterocycles. The number of aryl methyl sites for hydroxylation is 1. The molecule has 154 valence electrons. The zero-order valence-electron chi connectivity index (χ0n) is 17.3. The molecular formula is C26H21NO4. The molecule has 5 nitrogen and oxygen atoms in total. The van der Waals surface area contributed by atoms with Gasteiger partial charge < -0.3 is 9.15 Å². The summed E-state index contributed by atoms with van der Waals surface area (Å²) in [7, 11) is 0. The molecule has 0 saturated carbocycles. The van der Waals surface area contributed by atoms with Crippen LogP contribution in [0.4, 0.5) is 5.69 Å². The summed E-state index contributed by atoms with van der Waals surface area (Å²) in [5.41, 5.74) is 3.25. The van der Waals surface area contributed by atoms with Gasteiger partial charge in [0.05, 0.1) is 23.6 Å². The van der Waals surface area contributed by atoms with Crippen molar-refractivity contribution in [2.24, 2.45) is 0 Å². The average molecular weight is 411 g/mol. The first-order valence-corrected chi connectivity index (χ1v) is 10.3. The number of benzene rings is 3. The first-order valence-electron chi connectivity index (χ1n) is 10.3. The molecule has 0 bridgehead atoms. The number of hydrogen-bond donors (Lipinski definition) is 0. The van der Waals surface area contributed by atoms with Gasteiger partial charge in [-0.05, 0) is 55.8 Å². The number of rotatable bonds is 4. The minimum atomic E-state index is -0.568. The summed E-state index contributed by atoms with van der Waals surface area (Å²) in [5.74, 6) is 0.498. The summed E-state index contributed by atoms with van der Waals surface area (Å²) in [4.78, 5) is 28.6. The van der Waals surface area contributed by atoms with Crippen molar-refractivity contribution < 1.29 is 13.9 Å². The highest BCUT2D eigenvalue weighted by Crippen LogP contribution is 2.41. The van der Waals surface area contributed by atoms with Crippen LogP contribution in [-0.4, -0.2) is 12.5 Å². The Morgan fingerprint density at radius 1 is 0.935 bits per heavy atom. The van der Waals surface area contributed by atoms with Crippen LogP contribution in [0.2, 0.25) is 0 Å². The van der Waals surface area contributed by atoms with Gasteiger partial charge in [0.2, 0.25) is 5.76 Å². The predicted octanol–water partition coefficient (Wildman–Crippen LogP) is 5.25. The quantitative estimate of drug-likeness (QED) is 0.460. The van der Waals surface area contributed by atoms with E-state index in [1.807, 2.05) is 62.4 Å². The van der Waals surface area contributed by atoms with Crippen molar-refractivity contribution >= 4 is 22.6 Å². The Bertz CT molecular complexity index is 1340. The molecule has 1 amide bonds. The van der Waals surface area contributed by atoms with Gasteiger partial charge in [-0.25, -0.2) is 0 Å². The second-order valence-electron chi connectivity index (χ2n) is 7.59. The average Bonchev–Trinajstić information content (AvgIpc) is 3.08. The summed E-state index contributed by atoms with van der Waals surface area (Å²) in [5, 5.41) is 0.472. The molecule has 5 heteroatoms. The van der Waals surface area contributed by atoms with Crippen LogP contribution < -0.4 is 15.1 Å². The second-order valence-corrected chi connectivity index (χ2v) is 7.59. The third-order valence-electron chi connectivity index (χ3n) is 5.60. The lowest BCUT2D eigenvalue weighted by molar-refractivity contribution is 0.0971. The van der Waals surface area contributed by atoms with Crippen molar-refractivity contribution in [3.05, 3.63) is 105 Å². The summed E-state index contributed by atoms with van der Waals surface area (Å²) in [6.07, 6.45) is 0. The van der Waals surface area contributed by atoms with E-state index in [1.165, 1.54) is 0 Å². The van der Waals surface area contributed by atoms with Gasteiger partial charge in [0.1, 0.15) is 11.3 Å². The number of carbonyl (C=O) groups is 1. The van der Waals surface area contributed by atoms with Crippen LogP contribution in [0.5, 0.6) is 5.75 Å². The number of fused-ring (bicyclic) bond motifs is 2. The molecule has 0 spiro atoms. The molecule has 0 aliphatic carbocycles. The monoisotopic (exact) mass is 411 g/mol. The fourth-order valence-corrected chi connectivity index (χ4v) is 4.12. The second kappa shape index (κ2) is 7.43. The number of ether oxygens (including phenoxy) is 1. The van der Waals surface area contributed by atoms with Crippen LogP contribution in [0.25, 0.3) is 11.0 Å². The van der Waals surface area contributed by atoms with E-state index in [1.54, 1.807) is 29.2 Å². The first-order chi connectivity index (χ1) is 15.1. The summed E-state index contributed by atoms with van der Waals surface area (Å²) < 4.78 is 11.5. The lowest BCUT2D eigenvalue weighted by Crippen LogP contribution is -2.29. The van der Waals surface area contributed by atoms with Gasteiger partial charge in [-0.1, -0.05) is 42.0 Å². The minimum Gasteiger partial charge on any atom is -0.494 e. The fraction of sp³-hybridized carbons (Fsp3) is 0.154. The maximum atomic E-state index is 13.5. The zero-order valence-corrected chi connectivity index (χ0v) is 17.3. The fourth-order valence-electron chi connectivity index (χ4n) is 4.12. The number of anilines is 1. The zero-order chi connectivity index (χ0) is 21.5. The summed E-state index contributed by atoms with van der Waals surface area (Å²) >= 11 is 0. The molecule has 1 unspecified atom stereocenters. The van der Waals surface area contributed by atoms with Crippen molar-refractivity contribution in [1.29, 1.82) is 0 Å². The summed E-state index contributed by atoms with van der Waals surface area (Å²) in [6, 6.07) is 21.7. The normalized spacial score (nSPS) is 15.4. The summed E-state index contributed by atoms with van der Waals surface area (Å²) in [6.45, 7) is 4.48. The van der Waals surface area contributed by atoms with Gasteiger partial charge in [-0.3, -0.25) is 14.5 Å². The van der Waals surface area contributed by atoms with Gasteiger partial charge in [0.15, 0.2) is 5.43 Å². The van der Waals surface area contributed by atoms with Gasteiger partial charge in [-0.2, -0.15) is 0 Å². The Kier molecular flexibility index (Phi) is 4.59. The lowest BCUT2D eigenvalue weighted by atomic mass is 9.97. The standard InChI is InChI=1S/C26H21NO4/c1-3-30-19-14-12-18(13-15-19)27-23(17-10-8-16(2)9-11-17)22-24(28)20-6-4-5-7-21(20)31-25(22)26(27)29/h4-15,23H,3H2,1-2H3. The first kappa shape index (κ1) is 19.1. The number of para-hydroxylation sites is 1. The molecule has 31 heavy (non-hydrogen) atoms. The topological polar surface area (TPSA) is 59.8 Å². The number of hydrogen-bond acceptors (Lipinski definition) is 4. The van der Waals surface area contributed by atoms with E-state index < -0.39 is 6.04 Å². The molecular weight excluding hydrogens is 390 g/mol. The number of carbonyl (C=O) groups excluding carboxylic acids is 1. The molecule has 1 aliphatic heterocycles. The molecule has 1 aliphatic rings. The highest BCUT2D eigenvalue weighted by atomic mass is 16.5. The van der Waals surface area contributed by atoms with Crippen LogP contribution in [0.1, 0.15) is 40.2 Å². The highest BCUT2D eigenvalue weighted by molar-refractivity contribution is 6.10. The van der Waals surface area contributed by atoms with Crippen LogP contribution >= 0.6 is 0 Å². The van der Waals surface area contributed by atoms with E-state index in [4.69, 9.17) is 9.15 Å². The Morgan fingerprint density at radius 2 is 1.65 bits per heavy atom. The van der Waals surface area contributed by atoms with Gasteiger partial charge in [0.25, 0.3) is 5.91 Å². The SMILES string of the molecule is CCOc1ccc(N2C(=O)c3oc4ccccc4c(=O)c3C2c2ccc(C)cc2)cc1. The van der Waals surface area contributed by atoms with E-state index in [2.05, 4.69) is 0 Å². The van der Waals surface area contributed by atoms with Crippen LogP contribution in [0, 0.1) is 6.92 Å². The molecule has 5 rings (SSSR count). The Morgan fingerprint density at radius 3 is 2.35 bits per heavy atom. The van der Waals surface area contributed by atoms with Crippen molar-refractivity contribution in [3.63, 3.8) is 0 Å². The van der Waals surface area contributed by atoms with Gasteiger partial charge in [0, 0.05) is 5.69 Å². The van der Waals surface area contributed by atoms with Gasteiger partial charge >= 0.3 is 0 Å². The van der Waals surface area contributed by atoms with E-state index in [-0.39, 0.29) is 17.1 Å². The number of amides is 1. The van der Waals surface area contributed by atoms with Gasteiger partial charge in [-0.15, -0.1) is 0 Å². The molecule has 0 radical (unpaired) electrons. The third-order valence-corrected chi connectivity index (χ3v) is 5.60. The predicted molar refractivity (Wildman–Crippen MR) is 120 cm³/mol.